The highest BCUT2D eigenvalue weighted by molar-refractivity contribution is 6.33. The first-order valence-corrected chi connectivity index (χ1v) is 3.28. The fourth-order valence-corrected chi connectivity index (χ4v) is 0.605. The Balaban J connectivity index is 2.55. The van der Waals surface area contributed by atoms with Crippen LogP contribution in [0.1, 0.15) is 0 Å². The van der Waals surface area contributed by atoms with Crippen LogP contribution in [-0.4, -0.2) is 17.4 Å². The number of hydrogen-bond acceptors (Lipinski definition) is 3. The summed E-state index contributed by atoms with van der Waals surface area (Å²) in [6, 6.07) is 7.94. The summed E-state index contributed by atoms with van der Waals surface area (Å²) in [5.74, 6) is 0. The Morgan fingerprint density at radius 1 is 1.17 bits per heavy atom. The van der Waals surface area contributed by atoms with Gasteiger partial charge in [0, 0.05) is 12.1 Å². The van der Waals surface area contributed by atoms with E-state index in [9.17, 15) is 0 Å². The monoisotopic (exact) mass is 164 g/mol. The van der Waals surface area contributed by atoms with Gasteiger partial charge in [-0.15, -0.1) is 4.57 Å². The van der Waals surface area contributed by atoms with Gasteiger partial charge in [-0.2, -0.15) is 0 Å². The van der Waals surface area contributed by atoms with Gasteiger partial charge in [-0.25, -0.2) is 0 Å². The van der Waals surface area contributed by atoms with E-state index < -0.39 is 7.32 Å². The van der Waals surface area contributed by atoms with Crippen molar-refractivity contribution < 1.29 is 19.3 Å². The quantitative estimate of drug-likeness (QED) is 0.309. The first-order chi connectivity index (χ1) is 5.79. The molecule has 4 nitrogen and oxygen atoms in total. The van der Waals surface area contributed by atoms with Crippen molar-refractivity contribution in [2.75, 3.05) is 0 Å². The molecule has 0 radical (unpaired) electrons. The molecule has 0 aliphatic heterocycles. The Kier molecular flexibility index (Phi) is 3.14. The molecule has 1 aromatic heterocycles. The molecule has 0 aliphatic rings. The van der Waals surface area contributed by atoms with Gasteiger partial charge in [-0.1, -0.05) is 6.07 Å². The van der Waals surface area contributed by atoms with Gasteiger partial charge in [0.05, 0.1) is 0 Å². The summed E-state index contributed by atoms with van der Waals surface area (Å²) in [5.41, 5.74) is 0. The third-order valence-electron chi connectivity index (χ3n) is 1.05. The molecule has 0 spiro atoms. The average Bonchev–Trinajstić information content (AvgIpc) is 2.05. The number of rotatable bonds is 1. The van der Waals surface area contributed by atoms with E-state index in [1.807, 2.05) is 6.07 Å². The molecule has 0 amide bonds. The van der Waals surface area contributed by atoms with Crippen LogP contribution >= 0.6 is 0 Å². The summed E-state index contributed by atoms with van der Waals surface area (Å²) in [6.07, 6.45) is 5.53. The van der Waals surface area contributed by atoms with Gasteiger partial charge in [-0.05, 0) is 0 Å². The van der Waals surface area contributed by atoms with Crippen LogP contribution in [0.15, 0.2) is 30.6 Å². The SMILES string of the molecule is OB(O)OC#C[n+]1ccccc1. The maximum Gasteiger partial charge on any atom is 0.716 e. The van der Waals surface area contributed by atoms with Crippen molar-refractivity contribution in [3.63, 3.8) is 0 Å². The topological polar surface area (TPSA) is 53.6 Å². The summed E-state index contributed by atoms with van der Waals surface area (Å²) in [7, 11) is -1.85. The van der Waals surface area contributed by atoms with E-state index in [0.29, 0.717) is 0 Å². The lowest BCUT2D eigenvalue weighted by Gasteiger charge is -1.86. The van der Waals surface area contributed by atoms with E-state index in [2.05, 4.69) is 16.8 Å². The van der Waals surface area contributed by atoms with E-state index in [0.717, 1.165) is 0 Å². The fourth-order valence-electron chi connectivity index (χ4n) is 0.605. The predicted octanol–water partition coefficient (Wildman–Crippen LogP) is -1.27. The van der Waals surface area contributed by atoms with Crippen LogP contribution in [0.3, 0.4) is 0 Å². The fraction of sp³-hybridized carbons (Fsp3) is 0. The van der Waals surface area contributed by atoms with Crippen LogP contribution in [0.2, 0.25) is 0 Å². The van der Waals surface area contributed by atoms with E-state index in [4.69, 9.17) is 10.0 Å². The summed E-state index contributed by atoms with van der Waals surface area (Å²) in [6.45, 7) is 0. The van der Waals surface area contributed by atoms with Crippen molar-refractivity contribution in [1.82, 2.24) is 0 Å². The van der Waals surface area contributed by atoms with E-state index >= 15 is 0 Å². The second-order valence-electron chi connectivity index (χ2n) is 1.94. The molecule has 0 saturated carbocycles. The highest BCUT2D eigenvalue weighted by Crippen LogP contribution is 1.74. The highest BCUT2D eigenvalue weighted by Gasteiger charge is 2.07. The van der Waals surface area contributed by atoms with E-state index in [1.165, 1.54) is 4.57 Å². The number of aromatic nitrogens is 1. The molecule has 5 heteroatoms. The maximum atomic E-state index is 8.25. The Labute approximate surface area is 70.2 Å². The van der Waals surface area contributed by atoms with Gasteiger partial charge in [0.2, 0.25) is 0 Å². The van der Waals surface area contributed by atoms with Gasteiger partial charge in [0.25, 0.3) is 6.04 Å². The molecule has 12 heavy (non-hydrogen) atoms. The zero-order valence-electron chi connectivity index (χ0n) is 6.21. The van der Waals surface area contributed by atoms with Gasteiger partial charge >= 0.3 is 7.32 Å². The zero-order chi connectivity index (χ0) is 8.81. The van der Waals surface area contributed by atoms with Gasteiger partial charge in [0.1, 0.15) is 0 Å². The minimum atomic E-state index is -1.85. The first kappa shape index (κ1) is 8.59. The van der Waals surface area contributed by atoms with Crippen molar-refractivity contribution in [3.05, 3.63) is 30.6 Å². The molecule has 0 bridgehead atoms. The molecular weight excluding hydrogens is 157 g/mol. The lowest BCUT2D eigenvalue weighted by Crippen LogP contribution is -2.26. The third kappa shape index (κ3) is 3.06. The summed E-state index contributed by atoms with van der Waals surface area (Å²) in [4.78, 5) is 0. The highest BCUT2D eigenvalue weighted by atomic mass is 16.6. The Bertz CT molecular complexity index is 291. The lowest BCUT2D eigenvalue weighted by molar-refractivity contribution is -0.583. The molecule has 2 N–H and O–H groups in total. The van der Waals surface area contributed by atoms with Crippen LogP contribution in [-0.2, 0) is 4.65 Å². The molecule has 1 heterocycles. The second kappa shape index (κ2) is 4.39. The van der Waals surface area contributed by atoms with Gasteiger partial charge in [-0.3, -0.25) is 0 Å². The third-order valence-corrected chi connectivity index (χ3v) is 1.05. The zero-order valence-corrected chi connectivity index (χ0v) is 6.21. The lowest BCUT2D eigenvalue weighted by atomic mass is 10.3. The van der Waals surface area contributed by atoms with Crippen LogP contribution in [0, 0.1) is 12.2 Å². The molecule has 0 atom stereocenters. The second-order valence-corrected chi connectivity index (χ2v) is 1.94. The minimum absolute atomic E-state index is 1.53. The van der Waals surface area contributed by atoms with Crippen molar-refractivity contribution >= 4 is 7.32 Å². The Morgan fingerprint density at radius 3 is 2.42 bits per heavy atom. The standard InChI is InChI=1S/C7H7BNO3/c10-8(11)12-7-6-9-4-2-1-3-5-9/h1-5,10-11H/q+1. The van der Waals surface area contributed by atoms with Crippen LogP contribution < -0.4 is 4.57 Å². The minimum Gasteiger partial charge on any atom is -0.458 e. The number of hydrogen-bond donors (Lipinski definition) is 2. The van der Waals surface area contributed by atoms with Crippen LogP contribution in [0.5, 0.6) is 0 Å². The van der Waals surface area contributed by atoms with Crippen LogP contribution in [0.4, 0.5) is 0 Å². The molecule has 0 aromatic carbocycles. The predicted molar refractivity (Wildman–Crippen MR) is 41.1 cm³/mol. The van der Waals surface area contributed by atoms with Gasteiger partial charge in [0.15, 0.2) is 18.5 Å². The van der Waals surface area contributed by atoms with Crippen LogP contribution in [0.25, 0.3) is 0 Å². The molecular formula is C7H7BNO3+. The maximum absolute atomic E-state index is 8.25. The average molecular weight is 164 g/mol. The molecule has 1 aromatic rings. The molecule has 0 aliphatic carbocycles. The molecule has 0 saturated heterocycles. The number of nitrogens with zero attached hydrogens (tertiary/aromatic N) is 1. The molecule has 0 unspecified atom stereocenters. The Hall–Kier alpha value is -1.51. The Morgan fingerprint density at radius 2 is 1.83 bits per heavy atom. The molecule has 60 valence electrons. The molecule has 1 rings (SSSR count). The van der Waals surface area contributed by atoms with Crippen molar-refractivity contribution in [2.24, 2.45) is 0 Å². The summed E-state index contributed by atoms with van der Waals surface area (Å²) < 4.78 is 5.71. The molecule has 0 fully saturated rings. The largest absolute Gasteiger partial charge is 0.716 e. The van der Waals surface area contributed by atoms with Crippen molar-refractivity contribution in [2.45, 2.75) is 0 Å². The van der Waals surface area contributed by atoms with E-state index in [-0.39, 0.29) is 0 Å². The first-order valence-electron chi connectivity index (χ1n) is 3.28. The summed E-state index contributed by atoms with van der Waals surface area (Å²) in [5, 5.41) is 16.5. The number of pyridine rings is 1. The smallest absolute Gasteiger partial charge is 0.458 e. The summed E-state index contributed by atoms with van der Waals surface area (Å²) >= 11 is 0. The van der Waals surface area contributed by atoms with E-state index in [1.54, 1.807) is 24.5 Å². The van der Waals surface area contributed by atoms with Crippen molar-refractivity contribution in [3.8, 4) is 12.2 Å². The van der Waals surface area contributed by atoms with Crippen molar-refractivity contribution in [1.29, 1.82) is 0 Å². The normalized spacial score (nSPS) is 8.17. The van der Waals surface area contributed by atoms with Gasteiger partial charge < -0.3 is 14.7 Å².